The van der Waals surface area contributed by atoms with Gasteiger partial charge in [-0.3, -0.25) is 9.59 Å². The number of rotatable bonds is 4. The molecule has 1 aromatic heterocycles. The van der Waals surface area contributed by atoms with Gasteiger partial charge in [0.15, 0.2) is 0 Å². The molecule has 0 radical (unpaired) electrons. The standard InChI is InChI=1S/C23H31N3O4/c1-21(2)10-14(11-22(3,4)25-21)24-19(27)17-16-7-8-23(30-16)13-26(20(28)18(17)23)12-15-6-5-9-29-15/h5-9,14,16-18,25H,10-13H2,1-4H3,(H,24,27)/t16-,17+,18-,23-/m0/s1. The molecule has 5 heterocycles. The largest absolute Gasteiger partial charge is 0.467 e. The van der Waals surface area contributed by atoms with E-state index in [0.29, 0.717) is 13.1 Å². The van der Waals surface area contributed by atoms with Crippen LogP contribution in [0.4, 0.5) is 0 Å². The van der Waals surface area contributed by atoms with Gasteiger partial charge in [-0.15, -0.1) is 0 Å². The van der Waals surface area contributed by atoms with Crippen molar-refractivity contribution in [3.63, 3.8) is 0 Å². The highest BCUT2D eigenvalue weighted by atomic mass is 16.5. The van der Waals surface area contributed by atoms with Gasteiger partial charge in [-0.1, -0.05) is 12.2 Å². The van der Waals surface area contributed by atoms with Gasteiger partial charge in [0.2, 0.25) is 11.8 Å². The number of furan rings is 1. The quantitative estimate of drug-likeness (QED) is 0.738. The fraction of sp³-hybridized carbons (Fsp3) is 0.652. The molecule has 3 fully saturated rings. The van der Waals surface area contributed by atoms with Crippen molar-refractivity contribution in [2.24, 2.45) is 11.8 Å². The second kappa shape index (κ2) is 6.44. The van der Waals surface area contributed by atoms with Gasteiger partial charge in [-0.25, -0.2) is 0 Å². The van der Waals surface area contributed by atoms with Crippen LogP contribution in [0.1, 0.15) is 46.3 Å². The summed E-state index contributed by atoms with van der Waals surface area (Å²) in [6.07, 6.45) is 6.93. The number of piperidine rings is 1. The number of nitrogens with one attached hydrogen (secondary N) is 2. The minimum atomic E-state index is -0.691. The third-order valence-electron chi connectivity index (χ3n) is 6.94. The summed E-state index contributed by atoms with van der Waals surface area (Å²) in [5, 5.41) is 6.91. The van der Waals surface area contributed by atoms with Gasteiger partial charge in [-0.05, 0) is 52.7 Å². The Morgan fingerprint density at radius 1 is 1.27 bits per heavy atom. The topological polar surface area (TPSA) is 83.8 Å². The molecule has 162 valence electrons. The number of hydrogen-bond acceptors (Lipinski definition) is 5. The van der Waals surface area contributed by atoms with Gasteiger partial charge >= 0.3 is 0 Å². The molecule has 1 aromatic rings. The van der Waals surface area contributed by atoms with Gasteiger partial charge in [0.05, 0.1) is 37.3 Å². The molecule has 4 aliphatic rings. The summed E-state index contributed by atoms with van der Waals surface area (Å²) in [6, 6.07) is 3.74. The van der Waals surface area contributed by atoms with Crippen molar-refractivity contribution in [2.45, 2.75) is 75.9 Å². The van der Waals surface area contributed by atoms with E-state index in [-0.39, 0.29) is 35.0 Å². The molecular formula is C23H31N3O4. The summed E-state index contributed by atoms with van der Waals surface area (Å²) in [6.45, 7) is 9.52. The van der Waals surface area contributed by atoms with Crippen molar-refractivity contribution in [1.82, 2.24) is 15.5 Å². The highest BCUT2D eigenvalue weighted by Gasteiger charge is 2.67. The zero-order valence-electron chi connectivity index (χ0n) is 18.1. The number of ether oxygens (including phenoxy) is 1. The molecule has 0 unspecified atom stereocenters. The maximum Gasteiger partial charge on any atom is 0.230 e. The number of amides is 2. The van der Waals surface area contributed by atoms with Crippen molar-refractivity contribution < 1.29 is 18.7 Å². The summed E-state index contributed by atoms with van der Waals surface area (Å²) >= 11 is 0. The fourth-order valence-corrected chi connectivity index (χ4v) is 6.32. The maximum absolute atomic E-state index is 13.4. The number of carbonyl (C=O) groups excluding carboxylic acids is 2. The van der Waals surface area contributed by atoms with E-state index >= 15 is 0 Å². The monoisotopic (exact) mass is 413 g/mol. The molecular weight excluding hydrogens is 382 g/mol. The molecule has 7 nitrogen and oxygen atoms in total. The van der Waals surface area contributed by atoms with Crippen LogP contribution in [-0.4, -0.2) is 52.1 Å². The second-order valence-electron chi connectivity index (χ2n) is 10.7. The number of likely N-dealkylation sites (tertiary alicyclic amines) is 1. The first-order chi connectivity index (χ1) is 14.1. The molecule has 2 bridgehead atoms. The van der Waals surface area contributed by atoms with E-state index in [1.54, 1.807) is 11.2 Å². The van der Waals surface area contributed by atoms with Crippen molar-refractivity contribution >= 4 is 11.8 Å². The Kier molecular flexibility index (Phi) is 4.25. The van der Waals surface area contributed by atoms with E-state index in [1.807, 2.05) is 24.3 Å². The summed E-state index contributed by atoms with van der Waals surface area (Å²) < 4.78 is 11.6. The second-order valence-corrected chi connectivity index (χ2v) is 10.7. The zero-order chi connectivity index (χ0) is 21.3. The minimum Gasteiger partial charge on any atom is -0.467 e. The van der Waals surface area contributed by atoms with Crippen molar-refractivity contribution in [3.05, 3.63) is 36.3 Å². The Balaban J connectivity index is 1.33. The summed E-state index contributed by atoms with van der Waals surface area (Å²) in [7, 11) is 0. The van der Waals surface area contributed by atoms with Gasteiger partial charge in [0, 0.05) is 17.1 Å². The van der Waals surface area contributed by atoms with Crippen LogP contribution in [-0.2, 0) is 20.9 Å². The number of nitrogens with zero attached hydrogens (tertiary/aromatic N) is 1. The normalized spacial score (nSPS) is 36.3. The number of hydrogen-bond donors (Lipinski definition) is 2. The van der Waals surface area contributed by atoms with Crippen molar-refractivity contribution in [3.8, 4) is 0 Å². The van der Waals surface area contributed by atoms with Crippen LogP contribution in [0.15, 0.2) is 35.0 Å². The van der Waals surface area contributed by atoms with E-state index in [0.717, 1.165) is 18.6 Å². The van der Waals surface area contributed by atoms with Crippen LogP contribution in [0.25, 0.3) is 0 Å². The van der Waals surface area contributed by atoms with E-state index in [2.05, 4.69) is 38.3 Å². The van der Waals surface area contributed by atoms with E-state index in [9.17, 15) is 9.59 Å². The molecule has 2 N–H and O–H groups in total. The smallest absolute Gasteiger partial charge is 0.230 e. The van der Waals surface area contributed by atoms with Crippen LogP contribution in [0, 0.1) is 11.8 Å². The Hall–Kier alpha value is -2.12. The predicted octanol–water partition coefficient (Wildman–Crippen LogP) is 1.99. The predicted molar refractivity (Wildman–Crippen MR) is 110 cm³/mol. The Morgan fingerprint density at radius 3 is 2.67 bits per heavy atom. The van der Waals surface area contributed by atoms with Crippen LogP contribution in [0.2, 0.25) is 0 Å². The Labute approximate surface area is 177 Å². The van der Waals surface area contributed by atoms with Crippen molar-refractivity contribution in [1.29, 1.82) is 0 Å². The lowest BCUT2D eigenvalue weighted by molar-refractivity contribution is -0.138. The lowest BCUT2D eigenvalue weighted by Gasteiger charge is -2.47. The third kappa shape index (κ3) is 3.19. The summed E-state index contributed by atoms with van der Waals surface area (Å²) in [5.74, 6) is -0.305. The maximum atomic E-state index is 13.4. The molecule has 3 saturated heterocycles. The highest BCUT2D eigenvalue weighted by molar-refractivity contribution is 5.93. The van der Waals surface area contributed by atoms with E-state index < -0.39 is 17.4 Å². The van der Waals surface area contributed by atoms with Gasteiger partial charge in [0.1, 0.15) is 11.4 Å². The minimum absolute atomic E-state index is 0.0237. The van der Waals surface area contributed by atoms with E-state index in [4.69, 9.17) is 9.15 Å². The van der Waals surface area contributed by atoms with E-state index in [1.165, 1.54) is 0 Å². The van der Waals surface area contributed by atoms with Crippen LogP contribution in [0.3, 0.4) is 0 Å². The number of carbonyl (C=O) groups is 2. The molecule has 5 rings (SSSR count). The van der Waals surface area contributed by atoms with Crippen LogP contribution in [0.5, 0.6) is 0 Å². The summed E-state index contributed by atoms with van der Waals surface area (Å²) in [4.78, 5) is 28.4. The summed E-state index contributed by atoms with van der Waals surface area (Å²) in [5.41, 5.74) is -0.812. The number of fused-ring (bicyclic) bond motifs is 1. The molecule has 30 heavy (non-hydrogen) atoms. The van der Waals surface area contributed by atoms with Gasteiger partial charge in [0.25, 0.3) is 0 Å². The van der Waals surface area contributed by atoms with Crippen molar-refractivity contribution in [2.75, 3.05) is 6.54 Å². The van der Waals surface area contributed by atoms with Crippen LogP contribution >= 0.6 is 0 Å². The van der Waals surface area contributed by atoms with Crippen LogP contribution < -0.4 is 10.6 Å². The lowest BCUT2D eigenvalue weighted by atomic mass is 9.75. The molecule has 0 saturated carbocycles. The molecule has 2 amide bonds. The van der Waals surface area contributed by atoms with Gasteiger partial charge < -0.3 is 24.7 Å². The molecule has 0 aliphatic carbocycles. The molecule has 0 aromatic carbocycles. The molecule has 4 aliphatic heterocycles. The fourth-order valence-electron chi connectivity index (χ4n) is 6.32. The zero-order valence-corrected chi connectivity index (χ0v) is 18.1. The molecule has 7 heteroatoms. The molecule has 4 atom stereocenters. The highest BCUT2D eigenvalue weighted by Crippen LogP contribution is 2.52. The lowest BCUT2D eigenvalue weighted by Crippen LogP contribution is -2.62. The molecule has 1 spiro atoms. The first kappa shape index (κ1) is 19.8. The van der Waals surface area contributed by atoms with Gasteiger partial charge in [-0.2, -0.15) is 0 Å². The third-order valence-corrected chi connectivity index (χ3v) is 6.94. The SMILES string of the molecule is CC1(C)CC(NC(=O)[C@@H]2[C@@H]3C=C[C@@]4(CN(Cc5ccco5)C(=O)[C@H]24)O3)CC(C)(C)N1. The first-order valence-corrected chi connectivity index (χ1v) is 10.9. The Morgan fingerprint density at radius 2 is 2.00 bits per heavy atom. The Bertz CT molecular complexity index is 874. The average molecular weight is 414 g/mol. The first-order valence-electron chi connectivity index (χ1n) is 10.9. The average Bonchev–Trinajstić information content (AvgIpc) is 3.35.